The van der Waals surface area contributed by atoms with Gasteiger partial charge in [0, 0.05) is 50.5 Å². The predicted molar refractivity (Wildman–Crippen MR) is 305 cm³/mol. The van der Waals surface area contributed by atoms with Gasteiger partial charge in [-0.1, -0.05) is 27.7 Å². The van der Waals surface area contributed by atoms with Crippen LogP contribution in [0.1, 0.15) is 111 Å². The highest BCUT2D eigenvalue weighted by Crippen LogP contribution is 2.21. The number of likely N-dealkylation sites (tertiary alicyclic amines) is 1. The first-order valence-corrected chi connectivity index (χ1v) is 28.5. The molecule has 20 N–H and O–H groups in total. The summed E-state index contributed by atoms with van der Waals surface area (Å²) in [6, 6.07) is -17.6. The Balaban J connectivity index is 2.29. The molecule has 1 fully saturated rings. The maximum atomic E-state index is 14.1. The van der Waals surface area contributed by atoms with Crippen LogP contribution in [-0.2, 0) is 83.1 Å². The summed E-state index contributed by atoms with van der Waals surface area (Å²) >= 11 is 0. The molecule has 12 atom stereocenters. The third-order valence-corrected chi connectivity index (χ3v) is 13.9. The molecule has 2 heterocycles. The van der Waals surface area contributed by atoms with E-state index in [1.165, 1.54) is 26.4 Å². The molecule has 1 aromatic rings. The van der Waals surface area contributed by atoms with Crippen LogP contribution in [0.3, 0.4) is 0 Å². The summed E-state index contributed by atoms with van der Waals surface area (Å²) in [5.41, 5.74) is 6.41. The second-order valence-corrected chi connectivity index (χ2v) is 21.8. The summed E-state index contributed by atoms with van der Waals surface area (Å²) in [5.74, 6) is -20.4. The number of carboxylic acids is 5. The van der Waals surface area contributed by atoms with E-state index in [0.717, 1.165) is 18.7 Å². The van der Waals surface area contributed by atoms with E-state index in [4.69, 9.17) is 5.73 Å². The van der Waals surface area contributed by atoms with Crippen molar-refractivity contribution in [3.05, 3.63) is 18.2 Å². The summed E-state index contributed by atoms with van der Waals surface area (Å²) in [6.45, 7) is 6.11. The molecule has 1 saturated heterocycles. The number of H-pyrrole nitrogens is 1. The van der Waals surface area contributed by atoms with Crippen LogP contribution in [0.25, 0.3) is 0 Å². The zero-order valence-corrected chi connectivity index (χ0v) is 50.3. The van der Waals surface area contributed by atoms with Gasteiger partial charge in [-0.2, -0.15) is 0 Å². The maximum Gasteiger partial charge on any atom is 0.325 e. The molecular formula is C53H82N14O23. The lowest BCUT2D eigenvalue weighted by atomic mass is 10.0. The van der Waals surface area contributed by atoms with Gasteiger partial charge in [-0.15, -0.1) is 0 Å². The standard InChI is InChI=1S/C53H82N14O23/c1-23(2)40(54)49(85)63-32(18-27-19-55-22-57-27)46(82)66-41(24(3)4)50(86)64-33(21-68)47(83)60-30(11-15-38(75)76)45(81)59-28(9-13-36(71)72)43(79)56-20-35(70)65-42(26(6)69)51(87)62-31(12-16-39(77)78)52(88)67-17-7-8-34(67)48(84)61-29(10-14-37(73)74)44(80)58-25(5)53(89)90/h19,22-26,28-34,40-42,68-69H,7-18,20-21,54H2,1-6H3,(H,55,57)(H,56,79)(H,58,80)(H,59,81)(H,60,83)(H,61,84)(H,62,87)(H,63,85)(H,64,86)(H,65,70)(H,66,82)(H,71,72)(H,73,74)(H,75,76)(H,77,78)(H,89,90)/t25-,26+,28-,29-,30-,31-,32-,33-,34-,40-,41-,42-/m0/s1. The van der Waals surface area contributed by atoms with Crippen molar-refractivity contribution >= 4 is 94.8 Å². The van der Waals surface area contributed by atoms with Crippen molar-refractivity contribution in [3.63, 3.8) is 0 Å². The van der Waals surface area contributed by atoms with E-state index in [-0.39, 0.29) is 31.7 Å². The van der Waals surface area contributed by atoms with Crippen LogP contribution in [0, 0.1) is 11.8 Å². The Labute approximate surface area is 514 Å². The third-order valence-electron chi connectivity index (χ3n) is 13.9. The topological polar surface area (TPSA) is 593 Å². The highest BCUT2D eigenvalue weighted by Gasteiger charge is 2.41. The molecule has 0 unspecified atom stereocenters. The van der Waals surface area contributed by atoms with Gasteiger partial charge in [-0.25, -0.2) is 4.98 Å². The van der Waals surface area contributed by atoms with Gasteiger partial charge >= 0.3 is 29.8 Å². The lowest BCUT2D eigenvalue weighted by molar-refractivity contribution is -0.144. The molecular weight excluding hydrogens is 1200 g/mol. The average Bonchev–Trinajstić information content (AvgIpc) is 2.18. The lowest BCUT2D eigenvalue weighted by Crippen LogP contribution is -2.61. The van der Waals surface area contributed by atoms with Crippen molar-refractivity contribution in [2.45, 2.75) is 185 Å². The van der Waals surface area contributed by atoms with Crippen molar-refractivity contribution in [2.75, 3.05) is 19.7 Å². The van der Waals surface area contributed by atoms with Crippen LogP contribution in [0.5, 0.6) is 0 Å². The molecule has 0 bridgehead atoms. The second kappa shape index (κ2) is 37.5. The predicted octanol–water partition coefficient (Wildman–Crippen LogP) is -7.00. The molecule has 37 nitrogen and oxygen atoms in total. The Kier molecular flexibility index (Phi) is 31.9. The van der Waals surface area contributed by atoms with Gasteiger partial charge < -0.3 is 105 Å². The monoisotopic (exact) mass is 1280 g/mol. The third kappa shape index (κ3) is 26.1. The van der Waals surface area contributed by atoms with Gasteiger partial charge in [-0.05, 0) is 64.2 Å². The fourth-order valence-electron chi connectivity index (χ4n) is 8.65. The fraction of sp³-hybridized carbons (Fsp3) is 0.642. The molecule has 0 saturated carbocycles. The minimum Gasteiger partial charge on any atom is -0.481 e. The Morgan fingerprint density at radius 2 is 1.01 bits per heavy atom. The van der Waals surface area contributed by atoms with Gasteiger partial charge in [0.1, 0.15) is 60.4 Å². The summed E-state index contributed by atoms with van der Waals surface area (Å²) in [5, 5.41) is 90.3. The minimum absolute atomic E-state index is 0.0518. The largest absolute Gasteiger partial charge is 0.481 e. The van der Waals surface area contributed by atoms with Crippen molar-refractivity contribution in [1.82, 2.24) is 68.0 Å². The van der Waals surface area contributed by atoms with Crippen LogP contribution < -0.4 is 58.9 Å². The number of amides is 11. The molecule has 90 heavy (non-hydrogen) atoms. The SMILES string of the molecule is CC(C)[C@H](N)C(=O)N[C@@H](Cc1cnc[nH]1)C(=O)N[C@H](C(=O)N[C@@H](CO)C(=O)N[C@@H](CCC(=O)O)C(=O)N[C@@H](CCC(=O)O)C(=O)NCC(=O)N[C@H](C(=O)N[C@@H](CCC(=O)O)C(=O)N1CCC[C@H]1C(=O)N[C@@H](CCC(=O)O)C(=O)N[C@@H](C)C(=O)O)[C@@H](C)O)C(C)C. The Bertz CT molecular complexity index is 2740. The number of hydrogen-bond donors (Lipinski definition) is 19. The number of aliphatic hydroxyl groups excluding tert-OH is 2. The molecule has 2 rings (SSSR count). The number of aliphatic hydroxyl groups is 2. The molecule has 0 radical (unpaired) electrons. The van der Waals surface area contributed by atoms with E-state index < -0.39 is 238 Å². The highest BCUT2D eigenvalue weighted by molar-refractivity contribution is 5.99. The zero-order chi connectivity index (χ0) is 68.3. The van der Waals surface area contributed by atoms with Crippen LogP contribution in [0.4, 0.5) is 0 Å². The zero-order valence-electron chi connectivity index (χ0n) is 50.3. The van der Waals surface area contributed by atoms with E-state index in [1.807, 2.05) is 0 Å². The number of aromatic nitrogens is 2. The molecule has 1 aliphatic rings. The molecule has 0 aromatic carbocycles. The first kappa shape index (κ1) is 76.7. The minimum atomic E-state index is -1.98. The normalized spacial score (nSPS) is 16.5. The number of carbonyl (C=O) groups is 16. The molecule has 1 aliphatic heterocycles. The van der Waals surface area contributed by atoms with Crippen molar-refractivity contribution in [3.8, 4) is 0 Å². The van der Waals surface area contributed by atoms with Gasteiger partial charge in [-0.3, -0.25) is 76.7 Å². The number of hydrogen-bond acceptors (Lipinski definition) is 20. The van der Waals surface area contributed by atoms with Crippen molar-refractivity contribution in [1.29, 1.82) is 0 Å². The van der Waals surface area contributed by atoms with E-state index in [1.54, 1.807) is 13.8 Å². The fourth-order valence-corrected chi connectivity index (χ4v) is 8.65. The van der Waals surface area contributed by atoms with Gasteiger partial charge in [0.05, 0.1) is 31.6 Å². The second-order valence-electron chi connectivity index (χ2n) is 21.8. The smallest absolute Gasteiger partial charge is 0.325 e. The molecule has 1 aromatic heterocycles. The van der Waals surface area contributed by atoms with Crippen molar-refractivity contribution in [2.24, 2.45) is 17.6 Å². The number of imidazole rings is 1. The van der Waals surface area contributed by atoms with Crippen LogP contribution in [0.15, 0.2) is 12.5 Å². The van der Waals surface area contributed by atoms with Gasteiger partial charge in [0.25, 0.3) is 0 Å². The summed E-state index contributed by atoms with van der Waals surface area (Å²) < 4.78 is 0. The van der Waals surface area contributed by atoms with Crippen LogP contribution in [0.2, 0.25) is 0 Å². The lowest BCUT2D eigenvalue weighted by Gasteiger charge is -2.31. The molecule has 0 spiro atoms. The molecule has 37 heteroatoms. The van der Waals surface area contributed by atoms with E-state index >= 15 is 0 Å². The number of carboxylic acid groups (broad SMARTS) is 5. The van der Waals surface area contributed by atoms with E-state index in [9.17, 15) is 112 Å². The van der Waals surface area contributed by atoms with Gasteiger partial charge in [0.15, 0.2) is 0 Å². The first-order chi connectivity index (χ1) is 42.1. The number of nitrogens with one attached hydrogen (secondary N) is 11. The maximum absolute atomic E-state index is 14.1. The van der Waals surface area contributed by atoms with E-state index in [0.29, 0.717) is 5.69 Å². The van der Waals surface area contributed by atoms with Gasteiger partial charge in [0.2, 0.25) is 65.0 Å². The number of nitrogens with zero attached hydrogens (tertiary/aromatic N) is 2. The number of aromatic amines is 1. The number of aliphatic carboxylic acids is 5. The quantitative estimate of drug-likeness (QED) is 0.0290. The molecule has 0 aliphatic carbocycles. The Morgan fingerprint density at radius 1 is 0.556 bits per heavy atom. The van der Waals surface area contributed by atoms with Crippen LogP contribution in [-0.4, -0.2) is 238 Å². The number of carbonyl (C=O) groups excluding carboxylic acids is 11. The number of nitrogens with two attached hydrogens (primary N) is 1. The summed E-state index contributed by atoms with van der Waals surface area (Å²) in [7, 11) is 0. The highest BCUT2D eigenvalue weighted by atomic mass is 16.4. The summed E-state index contributed by atoms with van der Waals surface area (Å²) in [6.07, 6.45) is -4.72. The van der Waals surface area contributed by atoms with Crippen molar-refractivity contribution < 1.29 is 112 Å². The van der Waals surface area contributed by atoms with Crippen LogP contribution >= 0.6 is 0 Å². The Hall–Kier alpha value is -9.39. The number of rotatable bonds is 40. The van der Waals surface area contributed by atoms with E-state index in [2.05, 4.69) is 63.1 Å². The molecule has 502 valence electrons. The Morgan fingerprint density at radius 3 is 1.49 bits per heavy atom. The average molecular weight is 1280 g/mol. The molecule has 11 amide bonds. The first-order valence-electron chi connectivity index (χ1n) is 28.5. The summed E-state index contributed by atoms with van der Waals surface area (Å²) in [4.78, 5) is 214.